The van der Waals surface area contributed by atoms with Crippen molar-refractivity contribution in [2.24, 2.45) is 5.73 Å². The molecule has 61 heavy (non-hydrogen) atoms. The first kappa shape index (κ1) is 45.3. The molecule has 0 saturated carbocycles. The predicted molar refractivity (Wildman–Crippen MR) is 229 cm³/mol. The van der Waals surface area contributed by atoms with E-state index in [2.05, 4.69) is 52.5 Å². The number of hydrogen-bond donors (Lipinski definition) is 8. The number of rotatable bonds is 15. The highest BCUT2D eigenvalue weighted by atomic mass is 16.4. The number of carbonyl (C=O) groups is 6. The Kier molecular flexibility index (Phi) is 15.6. The van der Waals surface area contributed by atoms with Crippen LogP contribution in [0.5, 0.6) is 11.5 Å². The van der Waals surface area contributed by atoms with Gasteiger partial charge in [-0.2, -0.15) is 0 Å². The molecule has 1 heterocycles. The lowest BCUT2D eigenvalue weighted by atomic mass is 9.93. The molecule has 4 atom stereocenters. The van der Waals surface area contributed by atoms with Gasteiger partial charge in [0.1, 0.15) is 35.7 Å². The lowest BCUT2D eigenvalue weighted by Crippen LogP contribution is -2.54. The van der Waals surface area contributed by atoms with Crippen LogP contribution in [0.15, 0.2) is 84.9 Å². The van der Waals surface area contributed by atoms with E-state index in [0.717, 1.165) is 28.9 Å². The van der Waals surface area contributed by atoms with E-state index in [1.54, 1.807) is 12.1 Å². The number of aromatic hydroxyl groups is 2. The zero-order valence-electron chi connectivity index (χ0n) is 34.6. The number of benzene rings is 4. The summed E-state index contributed by atoms with van der Waals surface area (Å²) in [6.07, 6.45) is 2.91. The first-order chi connectivity index (χ1) is 29.2. The van der Waals surface area contributed by atoms with Crippen LogP contribution in [0, 0.1) is 0 Å². The molecule has 5 rings (SSSR count). The van der Waals surface area contributed by atoms with Crippen LogP contribution in [0.4, 0.5) is 0 Å². The summed E-state index contributed by atoms with van der Waals surface area (Å²) in [5.74, 6) is -5.01. The number of carboxylic acids is 1. The summed E-state index contributed by atoms with van der Waals surface area (Å²) in [6, 6.07) is 18.7. The Labute approximate surface area is 354 Å². The maximum absolute atomic E-state index is 14.4. The van der Waals surface area contributed by atoms with Gasteiger partial charge in [-0.25, -0.2) is 4.79 Å². The molecular weight excluding hydrogens is 781 g/mol. The summed E-state index contributed by atoms with van der Waals surface area (Å²) in [5, 5.41) is 42.2. The monoisotopic (exact) mass is 834 g/mol. The number of aryl methyl sites for hydroxylation is 1. The predicted octanol–water partition coefficient (Wildman–Crippen LogP) is 3.95. The SMILES string of the molecule is CCCc1ccc(-c2ccc(C(=O)NCCC(=O)N[C@H](CCCCN)C(=O)N(C)[C@@H]3C(=O)N[C@@H](C)C(=O)N[C@H](C(=O)O)Cc4ccc(O)c(c4)-c4cc3ccc4O)cc2)cc1. The van der Waals surface area contributed by atoms with Gasteiger partial charge in [0.25, 0.3) is 5.91 Å². The van der Waals surface area contributed by atoms with Gasteiger partial charge in [-0.1, -0.05) is 61.9 Å². The minimum atomic E-state index is -1.44. The van der Waals surface area contributed by atoms with Crippen molar-refractivity contribution in [3.8, 4) is 33.8 Å². The second-order valence-corrected chi connectivity index (χ2v) is 15.2. The smallest absolute Gasteiger partial charge is 0.326 e. The van der Waals surface area contributed by atoms with Gasteiger partial charge in [0, 0.05) is 43.1 Å². The molecule has 15 nitrogen and oxygen atoms in total. The number of unbranched alkanes of at least 4 members (excludes halogenated alkanes) is 1. The topological polar surface area (TPSA) is 240 Å². The zero-order chi connectivity index (χ0) is 44.2. The first-order valence-corrected chi connectivity index (χ1v) is 20.4. The molecule has 0 saturated heterocycles. The zero-order valence-corrected chi connectivity index (χ0v) is 34.6. The van der Waals surface area contributed by atoms with Crippen LogP contribution in [0.2, 0.25) is 0 Å². The molecule has 4 bridgehead atoms. The summed E-state index contributed by atoms with van der Waals surface area (Å²) < 4.78 is 0. The molecule has 322 valence electrons. The van der Waals surface area contributed by atoms with Gasteiger partial charge in [0.05, 0.1) is 0 Å². The Bertz CT molecular complexity index is 2230. The maximum atomic E-state index is 14.4. The van der Waals surface area contributed by atoms with E-state index in [9.17, 15) is 44.1 Å². The number of hydrogen-bond acceptors (Lipinski definition) is 9. The summed E-state index contributed by atoms with van der Waals surface area (Å²) in [4.78, 5) is 81.3. The quantitative estimate of drug-likeness (QED) is 0.0803. The molecule has 0 radical (unpaired) electrons. The van der Waals surface area contributed by atoms with E-state index in [-0.39, 0.29) is 59.9 Å². The fourth-order valence-electron chi connectivity index (χ4n) is 7.25. The fraction of sp³-hybridized carbons (Fsp3) is 0.348. The van der Waals surface area contributed by atoms with Crippen molar-refractivity contribution in [3.05, 3.63) is 107 Å². The standard InChI is InChI=1S/C46H54N6O9/c1-4-7-28-9-12-30(13-10-28)31-14-16-32(17-15-31)43(57)48-23-21-40(55)50-36(8-5-6-22-47)45(59)52(3)41-33-18-20-39(54)35(26-33)34-24-29(11-19-38(34)53)25-37(46(60)61)51-42(56)27(2)49-44(41)58/h9-20,24,26-27,36-37,41,53-54H,4-8,21-23,25,47H2,1-3H3,(H,48,57)(H,49,58)(H,50,55)(H,51,56)(H,60,61)/t27-,36+,37-,41-/m0/s1. The number of phenolic OH excluding ortho intramolecular Hbond substituents is 2. The third-order valence-corrected chi connectivity index (χ3v) is 10.7. The molecule has 4 aromatic carbocycles. The van der Waals surface area contributed by atoms with Gasteiger partial charge in [0.15, 0.2) is 0 Å². The molecule has 5 amide bonds. The molecule has 0 aromatic heterocycles. The highest BCUT2D eigenvalue weighted by Gasteiger charge is 2.36. The second-order valence-electron chi connectivity index (χ2n) is 15.2. The number of nitrogens with two attached hydrogens (primary N) is 1. The third-order valence-electron chi connectivity index (χ3n) is 10.7. The number of nitrogens with zero attached hydrogens (tertiary/aromatic N) is 1. The molecule has 9 N–H and O–H groups in total. The number of carbonyl (C=O) groups excluding carboxylic acids is 5. The highest BCUT2D eigenvalue weighted by Crippen LogP contribution is 2.39. The van der Waals surface area contributed by atoms with E-state index < -0.39 is 53.8 Å². The molecule has 4 aromatic rings. The Morgan fingerprint density at radius 1 is 0.852 bits per heavy atom. The summed E-state index contributed by atoms with van der Waals surface area (Å²) in [5.41, 5.74) is 10.3. The van der Waals surface area contributed by atoms with Crippen LogP contribution in [0.1, 0.15) is 79.0 Å². The molecule has 0 spiro atoms. The van der Waals surface area contributed by atoms with Gasteiger partial charge < -0.3 is 47.2 Å². The molecule has 0 aliphatic carbocycles. The number of nitrogens with one attached hydrogen (secondary N) is 4. The number of likely N-dealkylation sites (N-methyl/N-ethyl adjacent to an activating group) is 1. The van der Waals surface area contributed by atoms with Crippen molar-refractivity contribution in [1.29, 1.82) is 0 Å². The molecule has 1 aliphatic heterocycles. The maximum Gasteiger partial charge on any atom is 0.326 e. The second kappa shape index (κ2) is 21.0. The van der Waals surface area contributed by atoms with Crippen LogP contribution < -0.4 is 27.0 Å². The van der Waals surface area contributed by atoms with Crippen LogP contribution in [-0.4, -0.2) is 94.0 Å². The summed E-state index contributed by atoms with van der Waals surface area (Å²) >= 11 is 0. The van der Waals surface area contributed by atoms with Crippen LogP contribution in [0.25, 0.3) is 22.3 Å². The van der Waals surface area contributed by atoms with Crippen molar-refractivity contribution < 1.29 is 44.1 Å². The van der Waals surface area contributed by atoms with Crippen molar-refractivity contribution in [2.45, 2.75) is 83.0 Å². The Morgan fingerprint density at radius 2 is 1.49 bits per heavy atom. The number of fused-ring (bicyclic) bond motifs is 5. The van der Waals surface area contributed by atoms with Gasteiger partial charge in [-0.3, -0.25) is 24.0 Å². The van der Waals surface area contributed by atoms with E-state index >= 15 is 0 Å². The third kappa shape index (κ3) is 11.7. The highest BCUT2D eigenvalue weighted by molar-refractivity contribution is 5.97. The average molecular weight is 835 g/mol. The van der Waals surface area contributed by atoms with E-state index in [1.807, 2.05) is 12.1 Å². The van der Waals surface area contributed by atoms with E-state index in [4.69, 9.17) is 5.73 Å². The lowest BCUT2D eigenvalue weighted by Gasteiger charge is -2.32. The van der Waals surface area contributed by atoms with Crippen LogP contribution in [-0.2, 0) is 36.8 Å². The number of phenols is 2. The molecule has 1 aliphatic rings. The lowest BCUT2D eigenvalue weighted by molar-refractivity contribution is -0.144. The molecule has 0 fully saturated rings. The fourth-order valence-corrected chi connectivity index (χ4v) is 7.25. The van der Waals surface area contributed by atoms with Crippen molar-refractivity contribution in [1.82, 2.24) is 26.2 Å². The van der Waals surface area contributed by atoms with Crippen molar-refractivity contribution in [3.63, 3.8) is 0 Å². The Hall–Kier alpha value is -6.74. The summed E-state index contributed by atoms with van der Waals surface area (Å²) in [6.45, 7) is 3.81. The number of carboxylic acid groups (broad SMARTS) is 1. The minimum absolute atomic E-state index is 0.0249. The van der Waals surface area contributed by atoms with Gasteiger partial charge >= 0.3 is 5.97 Å². The normalized spacial score (nSPS) is 16.9. The largest absolute Gasteiger partial charge is 0.507 e. The Balaban J connectivity index is 1.33. The molecule has 15 heteroatoms. The first-order valence-electron chi connectivity index (χ1n) is 20.4. The minimum Gasteiger partial charge on any atom is -0.507 e. The summed E-state index contributed by atoms with van der Waals surface area (Å²) in [7, 11) is 1.36. The van der Waals surface area contributed by atoms with E-state index in [0.29, 0.717) is 30.5 Å². The van der Waals surface area contributed by atoms with Gasteiger partial charge in [-0.05, 0) is 103 Å². The molecular formula is C46H54N6O9. The average Bonchev–Trinajstić information content (AvgIpc) is 3.24. The van der Waals surface area contributed by atoms with Gasteiger partial charge in [0.2, 0.25) is 23.6 Å². The van der Waals surface area contributed by atoms with Gasteiger partial charge in [-0.15, -0.1) is 0 Å². The number of amides is 5. The van der Waals surface area contributed by atoms with Crippen LogP contribution >= 0.6 is 0 Å². The number of aliphatic carboxylic acids is 1. The van der Waals surface area contributed by atoms with E-state index in [1.165, 1.54) is 55.9 Å². The molecule has 0 unspecified atom stereocenters. The van der Waals surface area contributed by atoms with Crippen molar-refractivity contribution >= 4 is 35.5 Å². The Morgan fingerprint density at radius 3 is 2.13 bits per heavy atom. The van der Waals surface area contributed by atoms with Crippen molar-refractivity contribution in [2.75, 3.05) is 20.1 Å². The van der Waals surface area contributed by atoms with Crippen LogP contribution in [0.3, 0.4) is 0 Å².